The van der Waals surface area contributed by atoms with Crippen LogP contribution in [0.25, 0.3) is 0 Å². The molecule has 3 nitrogen and oxygen atoms in total. The molecule has 4 heteroatoms. The number of benzene rings is 1. The van der Waals surface area contributed by atoms with Gasteiger partial charge in [0.2, 0.25) is 0 Å². The maximum absolute atomic E-state index is 10.9. The van der Waals surface area contributed by atoms with Gasteiger partial charge in [-0.3, -0.25) is 0 Å². The molecular formula is C12H10O3S. The number of hydrogen-bond donors (Lipinski definition) is 1. The van der Waals surface area contributed by atoms with Crippen molar-refractivity contribution in [2.24, 2.45) is 0 Å². The molecule has 0 unspecified atom stereocenters. The Bertz CT molecular complexity index is 477. The summed E-state index contributed by atoms with van der Waals surface area (Å²) in [6.07, 6.45) is 0. The largest absolute Gasteiger partial charge is 0.488 e. The average Bonchev–Trinajstić information content (AvgIpc) is 2.79. The molecule has 0 aliphatic carbocycles. The Morgan fingerprint density at radius 3 is 2.81 bits per heavy atom. The summed E-state index contributed by atoms with van der Waals surface area (Å²) in [4.78, 5) is 10.9. The minimum atomic E-state index is -0.971. The van der Waals surface area contributed by atoms with Crippen molar-refractivity contribution in [3.63, 3.8) is 0 Å². The van der Waals surface area contributed by atoms with E-state index in [4.69, 9.17) is 9.84 Å². The van der Waals surface area contributed by atoms with E-state index in [1.54, 1.807) is 29.5 Å². The predicted molar refractivity (Wildman–Crippen MR) is 62.1 cm³/mol. The summed E-state index contributed by atoms with van der Waals surface area (Å²) < 4.78 is 5.47. The zero-order chi connectivity index (χ0) is 11.4. The molecule has 82 valence electrons. The highest BCUT2D eigenvalue weighted by atomic mass is 32.1. The summed E-state index contributed by atoms with van der Waals surface area (Å²) in [6, 6.07) is 8.59. The van der Waals surface area contributed by atoms with E-state index >= 15 is 0 Å². The molecule has 0 amide bonds. The molecule has 0 aliphatic heterocycles. The molecule has 2 aromatic rings. The van der Waals surface area contributed by atoms with E-state index in [0.717, 1.165) is 5.56 Å². The molecule has 0 saturated heterocycles. The first-order valence-corrected chi connectivity index (χ1v) is 5.68. The summed E-state index contributed by atoms with van der Waals surface area (Å²) >= 11 is 1.59. The lowest BCUT2D eigenvalue weighted by molar-refractivity contribution is 0.0692. The van der Waals surface area contributed by atoms with Crippen LogP contribution in [0.2, 0.25) is 0 Å². The molecule has 0 bridgehead atoms. The van der Waals surface area contributed by atoms with E-state index in [1.165, 1.54) is 6.07 Å². The van der Waals surface area contributed by atoms with Gasteiger partial charge in [-0.25, -0.2) is 4.79 Å². The number of carbonyl (C=O) groups is 1. The van der Waals surface area contributed by atoms with Gasteiger partial charge in [0.25, 0.3) is 0 Å². The van der Waals surface area contributed by atoms with Crippen molar-refractivity contribution in [1.29, 1.82) is 0 Å². The lowest BCUT2D eigenvalue weighted by atomic mass is 10.2. The Hall–Kier alpha value is -1.81. The fourth-order valence-electron chi connectivity index (χ4n) is 1.31. The fourth-order valence-corrected chi connectivity index (χ4v) is 1.96. The molecule has 0 fully saturated rings. The standard InChI is InChI=1S/C12H10O3S/c13-12(14)10-3-1-2-4-11(10)15-7-9-5-6-16-8-9/h1-6,8H,7H2,(H,13,14). The van der Waals surface area contributed by atoms with Crippen LogP contribution in [0.3, 0.4) is 0 Å². The van der Waals surface area contributed by atoms with Crippen molar-refractivity contribution >= 4 is 17.3 Å². The summed E-state index contributed by atoms with van der Waals surface area (Å²) in [5, 5.41) is 12.9. The highest BCUT2D eigenvalue weighted by Gasteiger charge is 2.09. The topological polar surface area (TPSA) is 46.5 Å². The summed E-state index contributed by atoms with van der Waals surface area (Å²) in [5.41, 5.74) is 1.24. The highest BCUT2D eigenvalue weighted by Crippen LogP contribution is 2.19. The van der Waals surface area contributed by atoms with Gasteiger partial charge >= 0.3 is 5.97 Å². The first-order chi connectivity index (χ1) is 7.77. The SMILES string of the molecule is O=C(O)c1ccccc1OCc1ccsc1. The van der Waals surface area contributed by atoms with Crippen molar-refractivity contribution in [3.05, 3.63) is 52.2 Å². The molecule has 0 atom stereocenters. The quantitative estimate of drug-likeness (QED) is 0.884. The van der Waals surface area contributed by atoms with Gasteiger partial charge in [-0.15, -0.1) is 0 Å². The van der Waals surface area contributed by atoms with Crippen LogP contribution in [0.4, 0.5) is 0 Å². The number of carboxylic acid groups (broad SMARTS) is 1. The van der Waals surface area contributed by atoms with Gasteiger partial charge < -0.3 is 9.84 Å². The lowest BCUT2D eigenvalue weighted by Gasteiger charge is -2.07. The van der Waals surface area contributed by atoms with Gasteiger partial charge in [-0.2, -0.15) is 11.3 Å². The van der Waals surface area contributed by atoms with Gasteiger partial charge in [-0.05, 0) is 34.5 Å². The number of ether oxygens (including phenoxy) is 1. The van der Waals surface area contributed by atoms with E-state index < -0.39 is 5.97 Å². The highest BCUT2D eigenvalue weighted by molar-refractivity contribution is 7.07. The second-order valence-corrected chi connectivity index (χ2v) is 4.00. The molecule has 1 aromatic carbocycles. The van der Waals surface area contributed by atoms with E-state index in [-0.39, 0.29) is 5.56 Å². The van der Waals surface area contributed by atoms with E-state index in [1.807, 2.05) is 16.8 Å². The molecule has 2 rings (SSSR count). The zero-order valence-electron chi connectivity index (χ0n) is 8.42. The number of rotatable bonds is 4. The molecule has 0 aliphatic rings. The van der Waals surface area contributed by atoms with E-state index in [9.17, 15) is 4.79 Å². The molecule has 1 aromatic heterocycles. The Morgan fingerprint density at radius 1 is 1.31 bits per heavy atom. The Labute approximate surface area is 96.9 Å². The van der Waals surface area contributed by atoms with E-state index in [2.05, 4.69) is 0 Å². The number of aromatic carboxylic acids is 1. The Morgan fingerprint density at radius 2 is 2.12 bits per heavy atom. The first-order valence-electron chi connectivity index (χ1n) is 4.73. The summed E-state index contributed by atoms with van der Waals surface area (Å²) in [7, 11) is 0. The Balaban J connectivity index is 2.12. The second kappa shape index (κ2) is 4.81. The summed E-state index contributed by atoms with van der Waals surface area (Å²) in [6.45, 7) is 0.397. The van der Waals surface area contributed by atoms with Gasteiger partial charge in [0, 0.05) is 0 Å². The monoisotopic (exact) mass is 234 g/mol. The van der Waals surface area contributed by atoms with Crippen molar-refractivity contribution < 1.29 is 14.6 Å². The molecule has 0 spiro atoms. The van der Waals surface area contributed by atoms with Gasteiger partial charge in [0.05, 0.1) is 0 Å². The van der Waals surface area contributed by atoms with Crippen LogP contribution in [0.5, 0.6) is 5.75 Å². The van der Waals surface area contributed by atoms with Gasteiger partial charge in [-0.1, -0.05) is 12.1 Å². The maximum atomic E-state index is 10.9. The number of thiophene rings is 1. The molecular weight excluding hydrogens is 224 g/mol. The molecule has 0 saturated carbocycles. The van der Waals surface area contributed by atoms with Crippen molar-refractivity contribution in [1.82, 2.24) is 0 Å². The fraction of sp³-hybridized carbons (Fsp3) is 0.0833. The van der Waals surface area contributed by atoms with Crippen LogP contribution in [0.15, 0.2) is 41.1 Å². The van der Waals surface area contributed by atoms with E-state index in [0.29, 0.717) is 12.4 Å². The van der Waals surface area contributed by atoms with Crippen molar-refractivity contribution in [3.8, 4) is 5.75 Å². The van der Waals surface area contributed by atoms with Crippen molar-refractivity contribution in [2.75, 3.05) is 0 Å². The van der Waals surface area contributed by atoms with Gasteiger partial charge in [0.15, 0.2) is 0 Å². The molecule has 0 radical (unpaired) electrons. The number of hydrogen-bond acceptors (Lipinski definition) is 3. The van der Waals surface area contributed by atoms with Crippen LogP contribution in [0, 0.1) is 0 Å². The predicted octanol–water partition coefficient (Wildman–Crippen LogP) is 3.03. The summed E-state index contributed by atoms with van der Waals surface area (Å²) in [5.74, 6) is -0.567. The average molecular weight is 234 g/mol. The second-order valence-electron chi connectivity index (χ2n) is 3.22. The normalized spacial score (nSPS) is 10.0. The molecule has 16 heavy (non-hydrogen) atoms. The minimum Gasteiger partial charge on any atom is -0.488 e. The number of para-hydroxylation sites is 1. The molecule has 1 N–H and O–H groups in total. The van der Waals surface area contributed by atoms with Crippen LogP contribution in [-0.2, 0) is 6.61 Å². The van der Waals surface area contributed by atoms with Crippen molar-refractivity contribution in [2.45, 2.75) is 6.61 Å². The minimum absolute atomic E-state index is 0.192. The Kier molecular flexibility index (Phi) is 3.22. The van der Waals surface area contributed by atoms with Gasteiger partial charge in [0.1, 0.15) is 17.9 Å². The first kappa shape index (κ1) is 10.7. The third-order valence-corrected chi connectivity index (χ3v) is 2.82. The molecule has 1 heterocycles. The van der Waals surface area contributed by atoms with Crippen LogP contribution in [0.1, 0.15) is 15.9 Å². The lowest BCUT2D eigenvalue weighted by Crippen LogP contribution is -2.02. The van der Waals surface area contributed by atoms with Crippen LogP contribution in [-0.4, -0.2) is 11.1 Å². The smallest absolute Gasteiger partial charge is 0.339 e. The number of carboxylic acids is 1. The third-order valence-electron chi connectivity index (χ3n) is 2.09. The zero-order valence-corrected chi connectivity index (χ0v) is 9.24. The maximum Gasteiger partial charge on any atom is 0.339 e. The third kappa shape index (κ3) is 2.41. The van der Waals surface area contributed by atoms with Crippen LogP contribution < -0.4 is 4.74 Å². The van der Waals surface area contributed by atoms with Crippen LogP contribution >= 0.6 is 11.3 Å².